The molecule has 0 spiro atoms. The minimum Gasteiger partial charge on any atom is -0.508 e. The molecule has 3 nitrogen and oxygen atoms in total. The highest BCUT2D eigenvalue weighted by Gasteiger charge is 2.49. The van der Waals surface area contributed by atoms with Crippen LogP contribution in [0.5, 0.6) is 5.75 Å². The quantitative estimate of drug-likeness (QED) is 0.854. The van der Waals surface area contributed by atoms with Gasteiger partial charge in [-0.15, -0.1) is 0 Å². The van der Waals surface area contributed by atoms with E-state index in [1.165, 1.54) is 11.1 Å². The zero-order valence-corrected chi connectivity index (χ0v) is 11.8. The summed E-state index contributed by atoms with van der Waals surface area (Å²) in [7, 11) is 2.20. The molecule has 0 saturated carbocycles. The lowest BCUT2D eigenvalue weighted by atomic mass is 9.56. The Kier molecular flexibility index (Phi) is 3.06. The molecule has 1 aromatic rings. The topological polar surface area (TPSA) is 43.7 Å². The summed E-state index contributed by atoms with van der Waals surface area (Å²) in [5, 5.41) is 19.4. The SMILES string of the molecule is C[C@H]1[C@H]2Cc3ccc(O)cc3[C@@]1(CCO)CCN2C. The molecular formula is C16H23NO2. The van der Waals surface area contributed by atoms with Crippen LogP contribution < -0.4 is 0 Å². The molecule has 2 aliphatic rings. The van der Waals surface area contributed by atoms with Crippen molar-refractivity contribution in [2.45, 2.75) is 37.6 Å². The fraction of sp³-hybridized carbons (Fsp3) is 0.625. The lowest BCUT2D eigenvalue weighted by Crippen LogP contribution is -2.58. The van der Waals surface area contributed by atoms with E-state index in [4.69, 9.17) is 0 Å². The van der Waals surface area contributed by atoms with Crippen molar-refractivity contribution in [2.24, 2.45) is 5.92 Å². The Labute approximate surface area is 114 Å². The first kappa shape index (κ1) is 12.9. The number of fused-ring (bicyclic) bond motifs is 4. The minimum absolute atomic E-state index is 0.0399. The van der Waals surface area contributed by atoms with Crippen molar-refractivity contribution in [1.82, 2.24) is 4.90 Å². The number of likely N-dealkylation sites (N-methyl/N-ethyl adjacent to an activating group) is 1. The highest BCUT2D eigenvalue weighted by atomic mass is 16.3. The number of rotatable bonds is 2. The maximum Gasteiger partial charge on any atom is 0.115 e. The van der Waals surface area contributed by atoms with E-state index in [1.54, 1.807) is 6.07 Å². The van der Waals surface area contributed by atoms with Crippen molar-refractivity contribution in [1.29, 1.82) is 0 Å². The van der Waals surface area contributed by atoms with Crippen LogP contribution in [0.1, 0.15) is 30.9 Å². The van der Waals surface area contributed by atoms with Crippen LogP contribution in [0.3, 0.4) is 0 Å². The zero-order chi connectivity index (χ0) is 13.6. The first-order valence-corrected chi connectivity index (χ1v) is 7.22. The second-order valence-electron chi connectivity index (χ2n) is 6.26. The number of aliphatic hydroxyl groups is 1. The van der Waals surface area contributed by atoms with E-state index in [-0.39, 0.29) is 12.0 Å². The predicted molar refractivity (Wildman–Crippen MR) is 75.4 cm³/mol. The molecule has 1 fully saturated rings. The van der Waals surface area contributed by atoms with Gasteiger partial charge < -0.3 is 15.1 Å². The number of hydrogen-bond acceptors (Lipinski definition) is 3. The van der Waals surface area contributed by atoms with Gasteiger partial charge in [0, 0.05) is 18.1 Å². The van der Waals surface area contributed by atoms with Crippen molar-refractivity contribution in [3.05, 3.63) is 29.3 Å². The summed E-state index contributed by atoms with van der Waals surface area (Å²) in [6.45, 7) is 3.60. The van der Waals surface area contributed by atoms with E-state index in [9.17, 15) is 10.2 Å². The van der Waals surface area contributed by atoms with E-state index in [2.05, 4.69) is 24.9 Å². The molecule has 2 N–H and O–H groups in total. The van der Waals surface area contributed by atoms with Crippen LogP contribution in [0.4, 0.5) is 0 Å². The van der Waals surface area contributed by atoms with Gasteiger partial charge in [0.05, 0.1) is 0 Å². The molecule has 1 aromatic carbocycles. The molecule has 19 heavy (non-hydrogen) atoms. The number of nitrogens with zero attached hydrogens (tertiary/aromatic N) is 1. The molecular weight excluding hydrogens is 238 g/mol. The molecule has 0 amide bonds. The van der Waals surface area contributed by atoms with Gasteiger partial charge in [-0.3, -0.25) is 0 Å². The van der Waals surface area contributed by atoms with Crippen molar-refractivity contribution in [2.75, 3.05) is 20.2 Å². The van der Waals surface area contributed by atoms with E-state index >= 15 is 0 Å². The molecule has 3 rings (SSSR count). The second kappa shape index (κ2) is 4.50. The number of aromatic hydroxyl groups is 1. The smallest absolute Gasteiger partial charge is 0.115 e. The largest absolute Gasteiger partial charge is 0.508 e. The number of phenolic OH excluding ortho intramolecular Hbond substituents is 1. The third kappa shape index (κ3) is 1.79. The fourth-order valence-corrected chi connectivity index (χ4v) is 4.35. The van der Waals surface area contributed by atoms with Crippen LogP contribution in [0, 0.1) is 5.92 Å². The van der Waals surface area contributed by atoms with Crippen molar-refractivity contribution < 1.29 is 10.2 Å². The monoisotopic (exact) mass is 261 g/mol. The molecule has 0 aromatic heterocycles. The minimum atomic E-state index is 0.0399. The van der Waals surface area contributed by atoms with Crippen molar-refractivity contribution in [3.8, 4) is 5.75 Å². The second-order valence-corrected chi connectivity index (χ2v) is 6.26. The van der Waals surface area contributed by atoms with E-state index in [0.717, 1.165) is 25.8 Å². The molecule has 0 unspecified atom stereocenters. The maximum atomic E-state index is 9.83. The summed E-state index contributed by atoms with van der Waals surface area (Å²) in [5.74, 6) is 0.869. The van der Waals surface area contributed by atoms with Crippen molar-refractivity contribution in [3.63, 3.8) is 0 Å². The van der Waals surface area contributed by atoms with Gasteiger partial charge in [0.1, 0.15) is 5.75 Å². The number of likely N-dealkylation sites (tertiary alicyclic amines) is 1. The summed E-state index contributed by atoms with van der Waals surface area (Å²) >= 11 is 0. The van der Waals surface area contributed by atoms with Crippen LogP contribution in [-0.4, -0.2) is 41.4 Å². The number of piperidine rings is 1. The Morgan fingerprint density at radius 1 is 1.42 bits per heavy atom. The highest BCUT2D eigenvalue weighted by Crippen LogP contribution is 2.51. The molecule has 1 saturated heterocycles. The normalized spacial score (nSPS) is 34.1. The van der Waals surface area contributed by atoms with Gasteiger partial charge in [-0.05, 0) is 62.0 Å². The van der Waals surface area contributed by atoms with Gasteiger partial charge in [0.2, 0.25) is 0 Å². The van der Waals surface area contributed by atoms with Gasteiger partial charge in [-0.2, -0.15) is 0 Å². The third-order valence-electron chi connectivity index (χ3n) is 5.54. The van der Waals surface area contributed by atoms with Crippen molar-refractivity contribution >= 4 is 0 Å². The van der Waals surface area contributed by atoms with E-state index < -0.39 is 0 Å². The summed E-state index contributed by atoms with van der Waals surface area (Å²) in [4.78, 5) is 2.45. The summed E-state index contributed by atoms with van der Waals surface area (Å²) < 4.78 is 0. The summed E-state index contributed by atoms with van der Waals surface area (Å²) in [6, 6.07) is 6.34. The molecule has 2 bridgehead atoms. The summed E-state index contributed by atoms with van der Waals surface area (Å²) in [6.07, 6.45) is 2.92. The van der Waals surface area contributed by atoms with Crippen LogP contribution >= 0.6 is 0 Å². The Bertz CT molecular complexity index is 488. The Morgan fingerprint density at radius 3 is 2.95 bits per heavy atom. The van der Waals surface area contributed by atoms with Gasteiger partial charge in [0.15, 0.2) is 0 Å². The number of hydrogen-bond donors (Lipinski definition) is 2. The molecule has 3 heteroatoms. The fourth-order valence-electron chi connectivity index (χ4n) is 4.35. The van der Waals surface area contributed by atoms with Gasteiger partial charge in [-0.1, -0.05) is 13.0 Å². The first-order chi connectivity index (χ1) is 9.08. The van der Waals surface area contributed by atoms with Crippen LogP contribution in [0.2, 0.25) is 0 Å². The lowest BCUT2D eigenvalue weighted by Gasteiger charge is -2.55. The zero-order valence-electron chi connectivity index (χ0n) is 11.8. The molecule has 1 aliphatic heterocycles. The summed E-state index contributed by atoms with van der Waals surface area (Å²) in [5.41, 5.74) is 2.66. The Hall–Kier alpha value is -1.06. The predicted octanol–water partition coefficient (Wildman–Crippen LogP) is 1.91. The molecule has 0 radical (unpaired) electrons. The molecule has 104 valence electrons. The first-order valence-electron chi connectivity index (χ1n) is 7.22. The molecule has 1 aliphatic carbocycles. The van der Waals surface area contributed by atoms with Gasteiger partial charge in [-0.25, -0.2) is 0 Å². The lowest BCUT2D eigenvalue weighted by molar-refractivity contribution is 0.0265. The number of aliphatic hydroxyl groups excluding tert-OH is 1. The average Bonchev–Trinajstić information content (AvgIpc) is 2.38. The average molecular weight is 261 g/mol. The Morgan fingerprint density at radius 2 is 2.21 bits per heavy atom. The van der Waals surface area contributed by atoms with Crippen LogP contribution in [0.25, 0.3) is 0 Å². The number of benzene rings is 1. The van der Waals surface area contributed by atoms with Gasteiger partial charge in [0.25, 0.3) is 0 Å². The molecule has 3 atom stereocenters. The van der Waals surface area contributed by atoms with Gasteiger partial charge >= 0.3 is 0 Å². The molecule has 1 heterocycles. The Balaban J connectivity index is 2.15. The van der Waals surface area contributed by atoms with E-state index in [1.807, 2.05) is 6.07 Å². The number of phenols is 1. The standard InChI is InChI=1S/C16H23NO2/c1-11-15-9-12-3-4-13(19)10-14(12)16(11,6-8-18)5-7-17(15)2/h3-4,10-11,15,18-19H,5-9H2,1-2H3/t11-,15+,16+/m0/s1. The third-order valence-corrected chi connectivity index (χ3v) is 5.54. The van der Waals surface area contributed by atoms with Crippen LogP contribution in [0.15, 0.2) is 18.2 Å². The maximum absolute atomic E-state index is 9.83. The van der Waals surface area contributed by atoms with E-state index in [0.29, 0.717) is 17.7 Å². The highest BCUT2D eigenvalue weighted by molar-refractivity contribution is 5.44. The van der Waals surface area contributed by atoms with Crippen LogP contribution in [-0.2, 0) is 11.8 Å².